The lowest BCUT2D eigenvalue weighted by molar-refractivity contribution is 0.00556. The number of aliphatic hydroxyl groups excluding tert-OH is 1. The molecular formula is C13H11FN2O2S. The molecule has 1 saturated heterocycles. The first-order valence-corrected chi connectivity index (χ1v) is 6.71. The second kappa shape index (κ2) is 4.71. The van der Waals surface area contributed by atoms with Crippen molar-refractivity contribution in [2.24, 2.45) is 0 Å². The second-order valence-corrected chi connectivity index (χ2v) is 5.24. The van der Waals surface area contributed by atoms with Crippen LogP contribution in [-0.4, -0.2) is 40.1 Å². The van der Waals surface area contributed by atoms with Gasteiger partial charge in [0.25, 0.3) is 5.91 Å². The molecule has 98 valence electrons. The molecule has 0 spiro atoms. The molecule has 1 amide bonds. The molecule has 1 fully saturated rings. The Morgan fingerprint density at radius 2 is 2.16 bits per heavy atom. The summed E-state index contributed by atoms with van der Waals surface area (Å²) in [6.07, 6.45) is -0.436. The van der Waals surface area contributed by atoms with E-state index in [0.717, 1.165) is 0 Å². The number of hydrogen-bond acceptors (Lipinski definition) is 4. The summed E-state index contributed by atoms with van der Waals surface area (Å²) in [5.41, 5.74) is 0.699. The van der Waals surface area contributed by atoms with Crippen LogP contribution in [0, 0.1) is 5.82 Å². The predicted octanol–water partition coefficient (Wildman–Crippen LogP) is 1.77. The molecule has 0 aliphatic carbocycles. The number of halogens is 1. The van der Waals surface area contributed by atoms with E-state index in [1.54, 1.807) is 23.6 Å². The van der Waals surface area contributed by atoms with Crippen LogP contribution in [0.15, 0.2) is 29.6 Å². The zero-order chi connectivity index (χ0) is 13.4. The highest BCUT2D eigenvalue weighted by Gasteiger charge is 2.30. The smallest absolute Gasteiger partial charge is 0.273 e. The summed E-state index contributed by atoms with van der Waals surface area (Å²) >= 11 is 1.24. The molecule has 1 N–H and O–H groups in total. The second-order valence-electron chi connectivity index (χ2n) is 4.38. The third-order valence-corrected chi connectivity index (χ3v) is 3.85. The number of thiazole rings is 1. The number of β-amino-alcohol motifs (C(OH)–C–C–N with tert-alkyl or cyclic N) is 1. The Kier molecular flexibility index (Phi) is 3.04. The number of rotatable bonds is 2. The Hall–Kier alpha value is -1.79. The minimum atomic E-state index is -0.436. The number of benzene rings is 1. The van der Waals surface area contributed by atoms with Gasteiger partial charge in [-0.2, -0.15) is 0 Å². The van der Waals surface area contributed by atoms with E-state index in [9.17, 15) is 14.3 Å². The third kappa shape index (κ3) is 2.24. The normalized spacial score (nSPS) is 15.4. The van der Waals surface area contributed by atoms with Gasteiger partial charge in [-0.3, -0.25) is 4.79 Å². The highest BCUT2D eigenvalue weighted by atomic mass is 32.1. The van der Waals surface area contributed by atoms with Crippen LogP contribution in [0.25, 0.3) is 10.6 Å². The number of amides is 1. The zero-order valence-corrected chi connectivity index (χ0v) is 10.7. The van der Waals surface area contributed by atoms with Crippen molar-refractivity contribution in [3.63, 3.8) is 0 Å². The molecule has 0 unspecified atom stereocenters. The van der Waals surface area contributed by atoms with Gasteiger partial charge in [0.2, 0.25) is 0 Å². The van der Waals surface area contributed by atoms with Gasteiger partial charge in [-0.15, -0.1) is 11.3 Å². The van der Waals surface area contributed by atoms with Crippen LogP contribution in [0.5, 0.6) is 0 Å². The van der Waals surface area contributed by atoms with Crippen LogP contribution in [0.2, 0.25) is 0 Å². The lowest BCUT2D eigenvalue weighted by atomic mass is 10.1. The molecule has 1 aliphatic heterocycles. The SMILES string of the molecule is O=C(c1csc(-c2ccccc2F)n1)N1CC(O)C1. The summed E-state index contributed by atoms with van der Waals surface area (Å²) in [6, 6.07) is 6.34. The number of carbonyl (C=O) groups excluding carboxylic acids is 1. The number of hydrogen-bond donors (Lipinski definition) is 1. The van der Waals surface area contributed by atoms with Crippen molar-refractivity contribution in [3.8, 4) is 10.6 Å². The fourth-order valence-corrected chi connectivity index (χ4v) is 2.73. The van der Waals surface area contributed by atoms with E-state index in [1.807, 2.05) is 0 Å². The van der Waals surface area contributed by atoms with Crippen LogP contribution < -0.4 is 0 Å². The van der Waals surface area contributed by atoms with Crippen LogP contribution in [-0.2, 0) is 0 Å². The summed E-state index contributed by atoms with van der Waals surface area (Å²) in [4.78, 5) is 17.7. The Morgan fingerprint density at radius 3 is 2.84 bits per heavy atom. The number of carbonyl (C=O) groups is 1. The molecule has 2 aromatic rings. The monoisotopic (exact) mass is 278 g/mol. The molecule has 19 heavy (non-hydrogen) atoms. The Balaban J connectivity index is 1.84. The number of aromatic nitrogens is 1. The van der Waals surface area contributed by atoms with Gasteiger partial charge in [-0.05, 0) is 12.1 Å². The molecule has 0 saturated carbocycles. The molecule has 4 nitrogen and oxygen atoms in total. The van der Waals surface area contributed by atoms with Crippen molar-refractivity contribution < 1.29 is 14.3 Å². The topological polar surface area (TPSA) is 53.4 Å². The molecular weight excluding hydrogens is 267 g/mol. The van der Waals surface area contributed by atoms with E-state index in [-0.39, 0.29) is 11.7 Å². The zero-order valence-electron chi connectivity index (χ0n) is 9.91. The molecule has 1 aromatic carbocycles. The van der Waals surface area contributed by atoms with E-state index in [0.29, 0.717) is 29.4 Å². The van der Waals surface area contributed by atoms with Gasteiger partial charge in [0.05, 0.1) is 6.10 Å². The molecule has 1 aliphatic rings. The molecule has 0 bridgehead atoms. The maximum atomic E-state index is 13.6. The summed E-state index contributed by atoms with van der Waals surface area (Å²) in [5, 5.41) is 11.3. The molecule has 3 rings (SSSR count). The Bertz CT molecular complexity index is 623. The maximum absolute atomic E-state index is 13.6. The minimum Gasteiger partial charge on any atom is -0.389 e. The minimum absolute atomic E-state index is 0.218. The lowest BCUT2D eigenvalue weighted by Crippen LogP contribution is -2.53. The van der Waals surface area contributed by atoms with E-state index in [4.69, 9.17) is 0 Å². The average molecular weight is 278 g/mol. The fourth-order valence-electron chi connectivity index (χ4n) is 1.91. The summed E-state index contributed by atoms with van der Waals surface area (Å²) in [5.74, 6) is -0.570. The van der Waals surface area contributed by atoms with Crippen molar-refractivity contribution in [3.05, 3.63) is 41.2 Å². The summed E-state index contributed by atoms with van der Waals surface area (Å²) < 4.78 is 13.6. The fraction of sp³-hybridized carbons (Fsp3) is 0.231. The first-order chi connectivity index (χ1) is 9.15. The molecule has 6 heteroatoms. The van der Waals surface area contributed by atoms with Crippen molar-refractivity contribution >= 4 is 17.2 Å². The maximum Gasteiger partial charge on any atom is 0.273 e. The average Bonchev–Trinajstić information content (AvgIpc) is 2.84. The molecule has 2 heterocycles. The molecule has 0 radical (unpaired) electrons. The quantitative estimate of drug-likeness (QED) is 0.911. The third-order valence-electron chi connectivity index (χ3n) is 2.98. The van der Waals surface area contributed by atoms with Gasteiger partial charge in [-0.1, -0.05) is 12.1 Å². The number of nitrogens with zero attached hydrogens (tertiary/aromatic N) is 2. The van der Waals surface area contributed by atoms with Gasteiger partial charge < -0.3 is 10.0 Å². The molecule has 0 atom stereocenters. The highest BCUT2D eigenvalue weighted by molar-refractivity contribution is 7.13. The summed E-state index contributed by atoms with van der Waals surface area (Å²) in [7, 11) is 0. The van der Waals surface area contributed by atoms with E-state index in [2.05, 4.69) is 4.98 Å². The van der Waals surface area contributed by atoms with Crippen LogP contribution in [0.1, 0.15) is 10.5 Å². The van der Waals surface area contributed by atoms with E-state index in [1.165, 1.54) is 22.3 Å². The summed E-state index contributed by atoms with van der Waals surface area (Å²) in [6.45, 7) is 0.677. The van der Waals surface area contributed by atoms with Crippen molar-refractivity contribution in [1.82, 2.24) is 9.88 Å². The highest BCUT2D eigenvalue weighted by Crippen LogP contribution is 2.27. The number of aliphatic hydroxyl groups is 1. The van der Waals surface area contributed by atoms with Gasteiger partial charge in [0, 0.05) is 24.0 Å². The lowest BCUT2D eigenvalue weighted by Gasteiger charge is -2.35. The van der Waals surface area contributed by atoms with Gasteiger partial charge in [0.15, 0.2) is 0 Å². The van der Waals surface area contributed by atoms with Crippen molar-refractivity contribution in [2.75, 3.05) is 13.1 Å². The number of likely N-dealkylation sites (tertiary alicyclic amines) is 1. The molecule has 1 aromatic heterocycles. The van der Waals surface area contributed by atoms with Crippen molar-refractivity contribution in [1.29, 1.82) is 0 Å². The van der Waals surface area contributed by atoms with Crippen LogP contribution >= 0.6 is 11.3 Å². The van der Waals surface area contributed by atoms with Crippen LogP contribution in [0.3, 0.4) is 0 Å². The predicted molar refractivity (Wildman–Crippen MR) is 69.4 cm³/mol. The Morgan fingerprint density at radius 1 is 1.42 bits per heavy atom. The first-order valence-electron chi connectivity index (χ1n) is 5.83. The van der Waals surface area contributed by atoms with Gasteiger partial charge in [-0.25, -0.2) is 9.37 Å². The van der Waals surface area contributed by atoms with E-state index >= 15 is 0 Å². The van der Waals surface area contributed by atoms with Crippen molar-refractivity contribution in [2.45, 2.75) is 6.10 Å². The first kappa shape index (κ1) is 12.3. The van der Waals surface area contributed by atoms with Gasteiger partial charge in [0.1, 0.15) is 16.5 Å². The van der Waals surface area contributed by atoms with Crippen LogP contribution in [0.4, 0.5) is 4.39 Å². The standard InChI is InChI=1S/C13H11FN2O2S/c14-10-4-2-1-3-9(10)12-15-11(7-19-12)13(18)16-5-8(17)6-16/h1-4,7-8,17H,5-6H2. The Labute approximate surface area is 113 Å². The van der Waals surface area contributed by atoms with Gasteiger partial charge >= 0.3 is 0 Å². The largest absolute Gasteiger partial charge is 0.389 e. The van der Waals surface area contributed by atoms with E-state index < -0.39 is 6.10 Å².